The van der Waals surface area contributed by atoms with Crippen molar-refractivity contribution >= 4 is 5.97 Å². The van der Waals surface area contributed by atoms with Crippen LogP contribution in [-0.2, 0) is 4.79 Å². The third kappa shape index (κ3) is 1.80. The van der Waals surface area contributed by atoms with Gasteiger partial charge in [0, 0.05) is 0 Å². The molecule has 0 aromatic rings. The summed E-state index contributed by atoms with van der Waals surface area (Å²) >= 11 is 0. The van der Waals surface area contributed by atoms with Crippen molar-refractivity contribution in [2.45, 2.75) is 59.3 Å². The molecule has 0 aliphatic heterocycles. The molecule has 0 radical (unpaired) electrons. The van der Waals surface area contributed by atoms with Crippen LogP contribution in [0.2, 0.25) is 0 Å². The molecule has 1 unspecified atom stereocenters. The lowest BCUT2D eigenvalue weighted by atomic mass is 9.44. The highest BCUT2D eigenvalue weighted by Gasteiger charge is 2.58. The first-order valence-electron chi connectivity index (χ1n) is 7.53. The van der Waals surface area contributed by atoms with E-state index in [1.165, 1.54) is 38.5 Å². The van der Waals surface area contributed by atoms with Gasteiger partial charge in [-0.15, -0.1) is 0 Å². The van der Waals surface area contributed by atoms with Crippen LogP contribution in [0.5, 0.6) is 0 Å². The van der Waals surface area contributed by atoms with Crippen LogP contribution in [0.15, 0.2) is 0 Å². The topological polar surface area (TPSA) is 37.3 Å². The summed E-state index contributed by atoms with van der Waals surface area (Å²) in [5.74, 6) is 1.80. The minimum atomic E-state index is -0.551. The molecule has 18 heavy (non-hydrogen) atoms. The highest BCUT2D eigenvalue weighted by Crippen LogP contribution is 2.65. The maximum Gasteiger partial charge on any atom is 0.307 e. The molecule has 4 saturated carbocycles. The van der Waals surface area contributed by atoms with E-state index >= 15 is 0 Å². The largest absolute Gasteiger partial charge is 0.481 e. The van der Waals surface area contributed by atoms with Crippen molar-refractivity contribution in [2.75, 3.05) is 0 Å². The van der Waals surface area contributed by atoms with Crippen molar-refractivity contribution in [2.24, 2.45) is 34.5 Å². The van der Waals surface area contributed by atoms with Crippen molar-refractivity contribution in [1.29, 1.82) is 0 Å². The summed E-state index contributed by atoms with van der Waals surface area (Å²) in [7, 11) is 0. The van der Waals surface area contributed by atoms with Crippen molar-refractivity contribution in [3.8, 4) is 0 Å². The molecule has 0 amide bonds. The third-order valence-corrected chi connectivity index (χ3v) is 5.81. The van der Waals surface area contributed by atoms with E-state index in [-0.39, 0.29) is 16.7 Å². The molecule has 0 spiro atoms. The van der Waals surface area contributed by atoms with Crippen LogP contribution in [0.1, 0.15) is 59.3 Å². The first-order valence-corrected chi connectivity index (χ1v) is 7.53. The zero-order valence-corrected chi connectivity index (χ0v) is 11.9. The Morgan fingerprint density at radius 2 is 1.44 bits per heavy atom. The molecule has 0 saturated heterocycles. The Balaban J connectivity index is 1.96. The molecule has 1 atom stereocenters. The van der Waals surface area contributed by atoms with Gasteiger partial charge in [-0.05, 0) is 67.1 Å². The van der Waals surface area contributed by atoms with Crippen LogP contribution in [0, 0.1) is 34.5 Å². The van der Waals surface area contributed by atoms with Crippen LogP contribution >= 0.6 is 0 Å². The fourth-order valence-electron chi connectivity index (χ4n) is 6.08. The number of hydrogen-bond acceptors (Lipinski definition) is 1. The summed E-state index contributed by atoms with van der Waals surface area (Å²) in [5.41, 5.74) is 0.0103. The Morgan fingerprint density at radius 3 is 1.72 bits per heavy atom. The number of carboxylic acid groups (broad SMARTS) is 1. The minimum Gasteiger partial charge on any atom is -0.481 e. The lowest BCUT2D eigenvalue weighted by Gasteiger charge is -2.60. The Morgan fingerprint density at radius 1 is 1.06 bits per heavy atom. The molecule has 0 heterocycles. The van der Waals surface area contributed by atoms with Crippen molar-refractivity contribution in [3.63, 3.8) is 0 Å². The van der Waals surface area contributed by atoms with Crippen molar-refractivity contribution < 1.29 is 9.90 Å². The summed E-state index contributed by atoms with van der Waals surface area (Å²) in [6, 6.07) is 0. The SMILES string of the molecule is CC(C)(C)C(C(=O)O)C12CC3CC(CC(C3)C1)C2. The van der Waals surface area contributed by atoms with Crippen molar-refractivity contribution in [3.05, 3.63) is 0 Å². The number of carbonyl (C=O) groups is 1. The second-order valence-electron chi connectivity index (χ2n) is 8.42. The second kappa shape index (κ2) is 3.74. The molecule has 4 aliphatic rings. The maximum absolute atomic E-state index is 11.9. The quantitative estimate of drug-likeness (QED) is 0.805. The van der Waals surface area contributed by atoms with Gasteiger partial charge in [0.05, 0.1) is 5.92 Å². The predicted molar refractivity (Wildman–Crippen MR) is 71.2 cm³/mol. The molecular formula is C16H26O2. The highest BCUT2D eigenvalue weighted by atomic mass is 16.4. The summed E-state index contributed by atoms with van der Waals surface area (Å²) in [5, 5.41) is 9.77. The van der Waals surface area contributed by atoms with Gasteiger partial charge in [0.2, 0.25) is 0 Å². The van der Waals surface area contributed by atoms with Gasteiger partial charge in [-0.2, -0.15) is 0 Å². The molecule has 4 fully saturated rings. The number of aliphatic carboxylic acids is 1. The van der Waals surface area contributed by atoms with Gasteiger partial charge in [0.25, 0.3) is 0 Å². The lowest BCUT2D eigenvalue weighted by molar-refractivity contribution is -0.168. The van der Waals surface area contributed by atoms with Crippen molar-refractivity contribution in [1.82, 2.24) is 0 Å². The van der Waals surface area contributed by atoms with Crippen LogP contribution < -0.4 is 0 Å². The summed E-state index contributed by atoms with van der Waals surface area (Å²) in [6.45, 7) is 6.35. The zero-order chi connectivity index (χ0) is 13.1. The van der Waals surface area contributed by atoms with Gasteiger partial charge < -0.3 is 5.11 Å². The number of rotatable bonds is 2. The monoisotopic (exact) mass is 250 g/mol. The van der Waals surface area contributed by atoms with E-state index in [0.29, 0.717) is 0 Å². The highest BCUT2D eigenvalue weighted by molar-refractivity contribution is 5.72. The molecule has 4 bridgehead atoms. The first-order chi connectivity index (χ1) is 8.30. The first kappa shape index (κ1) is 12.5. The van der Waals surface area contributed by atoms with Gasteiger partial charge in [0.1, 0.15) is 0 Å². The van der Waals surface area contributed by atoms with E-state index in [1.54, 1.807) is 0 Å². The summed E-state index contributed by atoms with van der Waals surface area (Å²) in [6.07, 6.45) is 7.72. The molecule has 4 aliphatic carbocycles. The minimum absolute atomic E-state index is 0.114. The van der Waals surface area contributed by atoms with Crippen LogP contribution in [0.3, 0.4) is 0 Å². The van der Waals surface area contributed by atoms with E-state index in [2.05, 4.69) is 20.8 Å². The molecule has 1 N–H and O–H groups in total. The molecule has 0 aromatic carbocycles. The molecular weight excluding hydrogens is 224 g/mol. The van der Waals surface area contributed by atoms with Gasteiger partial charge in [-0.3, -0.25) is 4.79 Å². The van der Waals surface area contributed by atoms with Crippen LogP contribution in [-0.4, -0.2) is 11.1 Å². The Labute approximate surface area is 110 Å². The number of carboxylic acids is 1. The molecule has 4 rings (SSSR count). The Kier molecular flexibility index (Phi) is 2.60. The Hall–Kier alpha value is -0.530. The molecule has 102 valence electrons. The van der Waals surface area contributed by atoms with Crippen LogP contribution in [0.4, 0.5) is 0 Å². The molecule has 2 heteroatoms. The molecule has 2 nitrogen and oxygen atoms in total. The van der Waals surface area contributed by atoms with E-state index < -0.39 is 5.97 Å². The zero-order valence-electron chi connectivity index (χ0n) is 11.9. The van der Waals surface area contributed by atoms with Gasteiger partial charge in [-0.1, -0.05) is 20.8 Å². The number of hydrogen-bond donors (Lipinski definition) is 1. The third-order valence-electron chi connectivity index (χ3n) is 5.81. The fourth-order valence-corrected chi connectivity index (χ4v) is 6.08. The average molecular weight is 250 g/mol. The van der Waals surface area contributed by atoms with E-state index in [4.69, 9.17) is 0 Å². The Bertz CT molecular complexity index is 328. The average Bonchev–Trinajstić information content (AvgIpc) is 2.09. The van der Waals surface area contributed by atoms with E-state index in [1.807, 2.05) is 0 Å². The normalized spacial score (nSPS) is 44.1. The summed E-state index contributed by atoms with van der Waals surface area (Å²) < 4.78 is 0. The lowest BCUT2D eigenvalue weighted by Crippen LogP contribution is -2.54. The van der Waals surface area contributed by atoms with E-state index in [9.17, 15) is 9.90 Å². The van der Waals surface area contributed by atoms with E-state index in [0.717, 1.165) is 17.8 Å². The van der Waals surface area contributed by atoms with Gasteiger partial charge >= 0.3 is 5.97 Å². The summed E-state index contributed by atoms with van der Waals surface area (Å²) in [4.78, 5) is 11.9. The fraction of sp³-hybridized carbons (Fsp3) is 0.938. The molecule has 0 aromatic heterocycles. The standard InChI is InChI=1S/C16H26O2/c1-15(2,3)13(14(17)18)16-7-10-4-11(8-16)6-12(5-10)9-16/h10-13H,4-9H2,1-3H3,(H,17,18). The second-order valence-corrected chi connectivity index (χ2v) is 8.42. The van der Waals surface area contributed by atoms with Gasteiger partial charge in [0.15, 0.2) is 0 Å². The van der Waals surface area contributed by atoms with Gasteiger partial charge in [-0.25, -0.2) is 0 Å². The maximum atomic E-state index is 11.9. The predicted octanol–water partition coefficient (Wildman–Crippen LogP) is 3.95. The van der Waals surface area contributed by atoms with Crippen LogP contribution in [0.25, 0.3) is 0 Å². The smallest absolute Gasteiger partial charge is 0.307 e.